The Balaban J connectivity index is 3.97. The number of alkyl halides is 1. The molecule has 0 aromatic rings. The Morgan fingerprint density at radius 3 is 2.54 bits per heavy atom. The summed E-state index contributed by atoms with van der Waals surface area (Å²) in [5, 5.41) is 2.25. The number of nitrogens with one attached hydrogen (secondary N) is 1. The number of hydrogen-bond donors (Lipinski definition) is 1. The van der Waals surface area contributed by atoms with Gasteiger partial charge < -0.3 is 14.8 Å². The fraction of sp³-hybridized carbons (Fsp3) is 0.714. The van der Waals surface area contributed by atoms with Crippen molar-refractivity contribution in [2.75, 3.05) is 19.6 Å². The lowest BCUT2D eigenvalue weighted by Crippen LogP contribution is -2.43. The van der Waals surface area contributed by atoms with Gasteiger partial charge in [0.1, 0.15) is 6.04 Å². The average Bonchev–Trinajstić information content (AvgIpc) is 2.13. The molecule has 0 aromatic heterocycles. The lowest BCUT2D eigenvalue weighted by Gasteiger charge is -2.12. The van der Waals surface area contributed by atoms with E-state index in [0.29, 0.717) is 0 Å². The van der Waals surface area contributed by atoms with Gasteiger partial charge in [0.2, 0.25) is 0 Å². The summed E-state index contributed by atoms with van der Waals surface area (Å²) in [7, 11) is 1.22. The quantitative estimate of drug-likeness (QED) is 0.541. The number of alkyl carbamates (subject to hydrolysis) is 1. The maximum absolute atomic E-state index is 10.9. The van der Waals surface area contributed by atoms with Crippen LogP contribution in [0.3, 0.4) is 0 Å². The molecule has 0 unspecified atom stereocenters. The first-order chi connectivity index (χ1) is 6.15. The molecule has 5 nitrogen and oxygen atoms in total. The Hall–Kier alpha value is -0.970. The van der Waals surface area contributed by atoms with E-state index in [1.54, 1.807) is 6.92 Å². The molecule has 0 spiro atoms. The Labute approximate surface area is 81.3 Å². The van der Waals surface area contributed by atoms with E-state index in [9.17, 15) is 9.59 Å². The number of rotatable bonds is 4. The Morgan fingerprint density at radius 2 is 2.15 bits per heavy atom. The van der Waals surface area contributed by atoms with Crippen molar-refractivity contribution in [1.82, 2.24) is 5.32 Å². The Morgan fingerprint density at radius 1 is 1.54 bits per heavy atom. The first kappa shape index (κ1) is 12.0. The molecule has 0 aliphatic carbocycles. The number of carbonyl (C=O) groups is 2. The predicted octanol–water partition coefficient (Wildman–Crippen LogP) is 0.513. The van der Waals surface area contributed by atoms with Gasteiger partial charge in [-0.15, -0.1) is 11.6 Å². The molecule has 0 heterocycles. The standard InChI is InChI=1S/C7H12ClNO4/c1-3-13-7(11)9-5(4-8)6(10)12-2/h5H,3-4H2,1-2H3,(H,9,11)/t5-/m0/s1. The summed E-state index contributed by atoms with van der Waals surface area (Å²) in [4.78, 5) is 21.7. The summed E-state index contributed by atoms with van der Waals surface area (Å²) in [6, 6.07) is -0.856. The third-order valence-electron chi connectivity index (χ3n) is 1.21. The van der Waals surface area contributed by atoms with Crippen molar-refractivity contribution < 1.29 is 19.1 Å². The molecule has 0 aliphatic heterocycles. The molecule has 1 N–H and O–H groups in total. The molecule has 1 amide bonds. The van der Waals surface area contributed by atoms with E-state index in [1.165, 1.54) is 7.11 Å². The van der Waals surface area contributed by atoms with Gasteiger partial charge in [-0.1, -0.05) is 0 Å². The SMILES string of the molecule is CCOC(=O)N[C@@H](CCl)C(=O)OC. The van der Waals surface area contributed by atoms with Crippen LogP contribution in [0.1, 0.15) is 6.92 Å². The molecule has 0 bridgehead atoms. The highest BCUT2D eigenvalue weighted by atomic mass is 35.5. The smallest absolute Gasteiger partial charge is 0.407 e. The van der Waals surface area contributed by atoms with Crippen LogP contribution in [0.2, 0.25) is 0 Å². The number of ether oxygens (including phenoxy) is 2. The molecular weight excluding hydrogens is 198 g/mol. The minimum absolute atomic E-state index is 0.0501. The van der Waals surface area contributed by atoms with Crippen LogP contribution in [0.15, 0.2) is 0 Å². The van der Waals surface area contributed by atoms with Crippen LogP contribution in [0.5, 0.6) is 0 Å². The largest absolute Gasteiger partial charge is 0.467 e. The molecule has 0 saturated carbocycles. The molecule has 6 heteroatoms. The highest BCUT2D eigenvalue weighted by molar-refractivity contribution is 6.19. The second kappa shape index (κ2) is 6.54. The van der Waals surface area contributed by atoms with Crippen molar-refractivity contribution in [3.8, 4) is 0 Å². The van der Waals surface area contributed by atoms with Crippen LogP contribution in [-0.4, -0.2) is 37.7 Å². The summed E-state index contributed by atoms with van der Waals surface area (Å²) in [6.45, 7) is 1.90. The van der Waals surface area contributed by atoms with Crippen molar-refractivity contribution in [3.63, 3.8) is 0 Å². The average molecular weight is 210 g/mol. The molecule has 0 aliphatic rings. The molecule has 0 saturated heterocycles. The Bertz CT molecular complexity index is 185. The number of halogens is 1. The van der Waals surface area contributed by atoms with Gasteiger partial charge in [-0.3, -0.25) is 0 Å². The zero-order valence-electron chi connectivity index (χ0n) is 7.50. The molecular formula is C7H12ClNO4. The van der Waals surface area contributed by atoms with E-state index < -0.39 is 18.1 Å². The van der Waals surface area contributed by atoms with Gasteiger partial charge in [-0.2, -0.15) is 0 Å². The fourth-order valence-electron chi connectivity index (χ4n) is 0.618. The summed E-state index contributed by atoms with van der Waals surface area (Å²) >= 11 is 5.41. The van der Waals surface area contributed by atoms with E-state index >= 15 is 0 Å². The third kappa shape index (κ3) is 4.57. The van der Waals surface area contributed by atoms with Crippen molar-refractivity contribution in [3.05, 3.63) is 0 Å². The van der Waals surface area contributed by atoms with E-state index in [0.717, 1.165) is 0 Å². The van der Waals surface area contributed by atoms with E-state index in [-0.39, 0.29) is 12.5 Å². The lowest BCUT2D eigenvalue weighted by molar-refractivity contribution is -0.142. The zero-order valence-corrected chi connectivity index (χ0v) is 8.26. The molecule has 0 rings (SSSR count). The van der Waals surface area contributed by atoms with Crippen LogP contribution in [0, 0.1) is 0 Å². The van der Waals surface area contributed by atoms with Gasteiger partial charge in [0.05, 0.1) is 19.6 Å². The Kier molecular flexibility index (Phi) is 6.05. The van der Waals surface area contributed by atoms with Crippen molar-refractivity contribution in [1.29, 1.82) is 0 Å². The monoisotopic (exact) mass is 209 g/mol. The topological polar surface area (TPSA) is 64.6 Å². The van der Waals surface area contributed by atoms with E-state index in [1.807, 2.05) is 0 Å². The summed E-state index contributed by atoms with van der Waals surface area (Å²) in [5.41, 5.74) is 0. The number of esters is 1. The molecule has 0 radical (unpaired) electrons. The summed E-state index contributed by atoms with van der Waals surface area (Å²) in [5.74, 6) is -0.645. The van der Waals surface area contributed by atoms with Gasteiger partial charge >= 0.3 is 12.1 Å². The van der Waals surface area contributed by atoms with Crippen molar-refractivity contribution in [2.45, 2.75) is 13.0 Å². The summed E-state index contributed by atoms with van der Waals surface area (Å²) < 4.78 is 8.94. The minimum atomic E-state index is -0.856. The predicted molar refractivity (Wildman–Crippen MR) is 46.7 cm³/mol. The number of carbonyl (C=O) groups excluding carboxylic acids is 2. The van der Waals surface area contributed by atoms with Crippen LogP contribution >= 0.6 is 11.6 Å². The molecule has 13 heavy (non-hydrogen) atoms. The maximum Gasteiger partial charge on any atom is 0.407 e. The van der Waals surface area contributed by atoms with E-state index in [4.69, 9.17) is 11.6 Å². The second-order valence-corrected chi connectivity index (χ2v) is 2.40. The van der Waals surface area contributed by atoms with Gasteiger partial charge in [-0.25, -0.2) is 9.59 Å². The maximum atomic E-state index is 10.9. The van der Waals surface area contributed by atoms with Gasteiger partial charge in [0.15, 0.2) is 0 Å². The van der Waals surface area contributed by atoms with Crippen LogP contribution in [-0.2, 0) is 14.3 Å². The zero-order chi connectivity index (χ0) is 10.3. The lowest BCUT2D eigenvalue weighted by atomic mass is 10.3. The number of hydrogen-bond acceptors (Lipinski definition) is 4. The van der Waals surface area contributed by atoms with Gasteiger partial charge in [-0.05, 0) is 6.92 Å². The number of amides is 1. The highest BCUT2D eigenvalue weighted by Gasteiger charge is 2.20. The van der Waals surface area contributed by atoms with Crippen LogP contribution in [0.4, 0.5) is 4.79 Å². The third-order valence-corrected chi connectivity index (χ3v) is 1.52. The van der Waals surface area contributed by atoms with E-state index in [2.05, 4.69) is 14.8 Å². The van der Waals surface area contributed by atoms with Gasteiger partial charge in [0.25, 0.3) is 0 Å². The highest BCUT2D eigenvalue weighted by Crippen LogP contribution is 1.92. The fourth-order valence-corrected chi connectivity index (χ4v) is 0.821. The van der Waals surface area contributed by atoms with Crippen LogP contribution in [0.25, 0.3) is 0 Å². The van der Waals surface area contributed by atoms with Crippen LogP contribution < -0.4 is 5.32 Å². The summed E-state index contributed by atoms with van der Waals surface area (Å²) in [6.07, 6.45) is -0.682. The first-order valence-corrected chi connectivity index (χ1v) is 4.26. The van der Waals surface area contributed by atoms with Crippen molar-refractivity contribution >= 4 is 23.7 Å². The minimum Gasteiger partial charge on any atom is -0.467 e. The number of methoxy groups -OCH3 is 1. The normalized spacial score (nSPS) is 11.6. The first-order valence-electron chi connectivity index (χ1n) is 3.72. The van der Waals surface area contributed by atoms with Crippen molar-refractivity contribution in [2.24, 2.45) is 0 Å². The second-order valence-electron chi connectivity index (χ2n) is 2.09. The molecule has 76 valence electrons. The van der Waals surface area contributed by atoms with Gasteiger partial charge in [0, 0.05) is 0 Å². The molecule has 0 fully saturated rings. The molecule has 1 atom stereocenters. The molecule has 0 aromatic carbocycles.